The van der Waals surface area contributed by atoms with Gasteiger partial charge in [-0.25, -0.2) is 14.8 Å². The van der Waals surface area contributed by atoms with Crippen LogP contribution in [0, 0.1) is 10.1 Å². The molecule has 1 fully saturated rings. The van der Waals surface area contributed by atoms with Crippen molar-refractivity contribution in [2.45, 2.75) is 48.8 Å². The van der Waals surface area contributed by atoms with E-state index in [-0.39, 0.29) is 11.6 Å². The lowest BCUT2D eigenvalue weighted by Crippen LogP contribution is -2.38. The highest BCUT2D eigenvalue weighted by Gasteiger charge is 2.23. The molecule has 3 aromatic rings. The number of nitro groups is 1. The molecule has 4 rings (SSSR count). The summed E-state index contributed by atoms with van der Waals surface area (Å²) in [6, 6.07) is 6.41. The van der Waals surface area contributed by atoms with Crippen LogP contribution >= 0.6 is 11.8 Å². The van der Waals surface area contributed by atoms with Gasteiger partial charge >= 0.3 is 5.69 Å². The van der Waals surface area contributed by atoms with Gasteiger partial charge in [-0.15, -0.1) is 11.8 Å². The minimum Gasteiger partial charge on any atom is -0.280 e. The highest BCUT2D eigenvalue weighted by molar-refractivity contribution is 7.98. The van der Waals surface area contributed by atoms with Crippen LogP contribution in [0.4, 0.5) is 5.69 Å². The van der Waals surface area contributed by atoms with Crippen LogP contribution in [0.25, 0.3) is 11.0 Å². The summed E-state index contributed by atoms with van der Waals surface area (Å²) < 4.78 is 2.45. The zero-order valence-corrected chi connectivity index (χ0v) is 18.2. The summed E-state index contributed by atoms with van der Waals surface area (Å²) >= 11 is 1.34. The van der Waals surface area contributed by atoms with E-state index in [4.69, 9.17) is 4.98 Å². The van der Waals surface area contributed by atoms with Gasteiger partial charge in [0.25, 0.3) is 11.2 Å². The number of aromatic nitrogens is 4. The Labute approximate surface area is 182 Å². The van der Waals surface area contributed by atoms with E-state index in [1.807, 2.05) is 0 Å². The standard InChI is InChI=1S/C21H23N5O4S/c1-24-18-16(20(27)25(2)21(24)28)19(23-17(22-18)14-8-4-3-5-9-14)31-12-13-7-6-10-15(11-13)26(29)30/h6-7,10-11,14H,3-5,8-9,12H2,1-2H3. The van der Waals surface area contributed by atoms with Gasteiger partial charge < -0.3 is 0 Å². The molecule has 0 bridgehead atoms. The topological polar surface area (TPSA) is 113 Å². The number of nitrogens with zero attached hydrogens (tertiary/aromatic N) is 5. The van der Waals surface area contributed by atoms with E-state index >= 15 is 0 Å². The third-order valence-corrected chi connectivity index (χ3v) is 6.80. The summed E-state index contributed by atoms with van der Waals surface area (Å²) in [4.78, 5) is 45.5. The van der Waals surface area contributed by atoms with E-state index < -0.39 is 16.2 Å². The van der Waals surface area contributed by atoms with Crippen LogP contribution in [0.3, 0.4) is 0 Å². The van der Waals surface area contributed by atoms with E-state index in [1.165, 1.54) is 41.9 Å². The van der Waals surface area contributed by atoms with Gasteiger partial charge in [-0.2, -0.15) is 0 Å². The molecule has 1 saturated carbocycles. The number of rotatable bonds is 5. The van der Waals surface area contributed by atoms with Crippen molar-refractivity contribution in [1.82, 2.24) is 19.1 Å². The second-order valence-electron chi connectivity index (χ2n) is 7.84. The van der Waals surface area contributed by atoms with E-state index in [0.717, 1.165) is 35.8 Å². The fraction of sp³-hybridized carbons (Fsp3) is 0.429. The molecule has 9 nitrogen and oxygen atoms in total. The quantitative estimate of drug-likeness (QED) is 0.258. The summed E-state index contributed by atoms with van der Waals surface area (Å²) in [6.07, 6.45) is 5.38. The third kappa shape index (κ3) is 4.12. The Balaban J connectivity index is 1.81. The molecule has 10 heteroatoms. The lowest BCUT2D eigenvalue weighted by Gasteiger charge is -2.21. The molecule has 0 saturated heterocycles. The summed E-state index contributed by atoms with van der Waals surface area (Å²) in [5.41, 5.74) is 0.249. The number of hydrogen-bond donors (Lipinski definition) is 0. The van der Waals surface area contributed by atoms with Crippen LogP contribution in [0.1, 0.15) is 49.4 Å². The Morgan fingerprint density at radius 1 is 1.13 bits per heavy atom. The van der Waals surface area contributed by atoms with Gasteiger partial charge in [-0.05, 0) is 18.4 Å². The molecule has 31 heavy (non-hydrogen) atoms. The lowest BCUT2D eigenvalue weighted by molar-refractivity contribution is -0.384. The first-order valence-corrected chi connectivity index (χ1v) is 11.2. The summed E-state index contributed by atoms with van der Waals surface area (Å²) in [5, 5.41) is 11.9. The van der Waals surface area contributed by atoms with Crippen molar-refractivity contribution in [3.8, 4) is 0 Å². The molecule has 0 N–H and O–H groups in total. The first kappa shape index (κ1) is 21.2. The number of thioether (sulfide) groups is 1. The van der Waals surface area contributed by atoms with E-state index in [0.29, 0.717) is 27.6 Å². The van der Waals surface area contributed by atoms with Crippen LogP contribution in [-0.4, -0.2) is 24.0 Å². The van der Waals surface area contributed by atoms with Crippen molar-refractivity contribution in [3.63, 3.8) is 0 Å². The number of nitro benzene ring substituents is 1. The molecule has 1 aliphatic rings. The minimum absolute atomic E-state index is 0.0202. The van der Waals surface area contributed by atoms with E-state index in [2.05, 4.69) is 4.98 Å². The number of non-ortho nitro benzene ring substituents is 1. The zero-order valence-electron chi connectivity index (χ0n) is 17.4. The largest absolute Gasteiger partial charge is 0.332 e. The fourth-order valence-corrected chi connectivity index (χ4v) is 4.97. The number of benzene rings is 1. The number of fused-ring (bicyclic) bond motifs is 1. The summed E-state index contributed by atoms with van der Waals surface area (Å²) in [7, 11) is 3.05. The van der Waals surface area contributed by atoms with Gasteiger partial charge in [0, 0.05) is 37.9 Å². The molecule has 1 aliphatic carbocycles. The fourth-order valence-electron chi connectivity index (χ4n) is 4.00. The SMILES string of the molecule is Cn1c(=O)c2c(SCc3cccc([N+](=O)[O-])c3)nc(C3CCCCC3)nc2n(C)c1=O. The normalized spacial score (nSPS) is 14.8. The van der Waals surface area contributed by atoms with E-state index in [9.17, 15) is 19.7 Å². The predicted molar refractivity (Wildman–Crippen MR) is 119 cm³/mol. The molecule has 0 spiro atoms. The summed E-state index contributed by atoms with van der Waals surface area (Å²) in [6.45, 7) is 0. The van der Waals surface area contributed by atoms with Gasteiger partial charge in [-0.3, -0.25) is 24.0 Å². The lowest BCUT2D eigenvalue weighted by atomic mass is 9.89. The van der Waals surface area contributed by atoms with Crippen molar-refractivity contribution in [2.75, 3.05) is 0 Å². The molecule has 0 aliphatic heterocycles. The van der Waals surface area contributed by atoms with Gasteiger partial charge in [0.05, 0.1) is 4.92 Å². The zero-order chi connectivity index (χ0) is 22.1. The molecular weight excluding hydrogens is 418 g/mol. The Bertz CT molecular complexity index is 1280. The maximum absolute atomic E-state index is 12.9. The molecule has 2 aromatic heterocycles. The Morgan fingerprint density at radius 2 is 1.87 bits per heavy atom. The molecule has 2 heterocycles. The van der Waals surface area contributed by atoms with Gasteiger partial charge in [0.15, 0.2) is 5.65 Å². The van der Waals surface area contributed by atoms with Gasteiger partial charge in [-0.1, -0.05) is 31.4 Å². The molecule has 162 valence electrons. The number of aryl methyl sites for hydroxylation is 1. The molecular formula is C21H23N5O4S. The monoisotopic (exact) mass is 441 g/mol. The van der Waals surface area contributed by atoms with Crippen molar-refractivity contribution < 1.29 is 4.92 Å². The number of hydrogen-bond acceptors (Lipinski definition) is 7. The first-order chi connectivity index (χ1) is 14.9. The Morgan fingerprint density at radius 3 is 2.58 bits per heavy atom. The Hall–Kier alpha value is -3.01. The maximum atomic E-state index is 12.9. The van der Waals surface area contributed by atoms with Crippen molar-refractivity contribution in [2.24, 2.45) is 14.1 Å². The van der Waals surface area contributed by atoms with Crippen molar-refractivity contribution >= 4 is 28.5 Å². The molecule has 0 amide bonds. The van der Waals surface area contributed by atoms with Crippen molar-refractivity contribution in [1.29, 1.82) is 0 Å². The second kappa shape index (κ2) is 8.62. The smallest absolute Gasteiger partial charge is 0.280 e. The highest BCUT2D eigenvalue weighted by atomic mass is 32.2. The maximum Gasteiger partial charge on any atom is 0.332 e. The van der Waals surface area contributed by atoms with Crippen LogP contribution in [-0.2, 0) is 19.8 Å². The first-order valence-electron chi connectivity index (χ1n) is 10.2. The predicted octanol–water partition coefficient (Wildman–Crippen LogP) is 3.28. The highest BCUT2D eigenvalue weighted by Crippen LogP contribution is 2.34. The summed E-state index contributed by atoms with van der Waals surface area (Å²) in [5.74, 6) is 1.27. The van der Waals surface area contributed by atoms with Crippen LogP contribution in [0.2, 0.25) is 0 Å². The second-order valence-corrected chi connectivity index (χ2v) is 8.81. The van der Waals surface area contributed by atoms with Crippen LogP contribution < -0.4 is 11.2 Å². The molecule has 0 atom stereocenters. The van der Waals surface area contributed by atoms with Crippen molar-refractivity contribution in [3.05, 3.63) is 66.6 Å². The average Bonchev–Trinajstić information content (AvgIpc) is 2.80. The average molecular weight is 442 g/mol. The minimum atomic E-state index is -0.435. The molecule has 1 aromatic carbocycles. The Kier molecular flexibility index (Phi) is 5.90. The van der Waals surface area contributed by atoms with Gasteiger partial charge in [0.2, 0.25) is 0 Å². The van der Waals surface area contributed by atoms with Gasteiger partial charge in [0.1, 0.15) is 16.2 Å². The van der Waals surface area contributed by atoms with E-state index in [1.54, 1.807) is 19.2 Å². The molecule has 0 radical (unpaired) electrons. The molecule has 0 unspecified atom stereocenters. The van der Waals surface area contributed by atoms with Crippen LogP contribution in [0.5, 0.6) is 0 Å². The third-order valence-electron chi connectivity index (χ3n) is 5.75. The van der Waals surface area contributed by atoms with Crippen LogP contribution in [0.15, 0.2) is 38.9 Å².